The quantitative estimate of drug-likeness (QED) is 0.692. The van der Waals surface area contributed by atoms with Crippen LogP contribution in [0.2, 0.25) is 0 Å². The van der Waals surface area contributed by atoms with Gasteiger partial charge >= 0.3 is 11.7 Å². The van der Waals surface area contributed by atoms with Crippen LogP contribution in [0, 0.1) is 0 Å². The molecule has 1 atom stereocenters. The zero-order chi connectivity index (χ0) is 16.1. The summed E-state index contributed by atoms with van der Waals surface area (Å²) in [6.07, 6.45) is 1.19. The number of amides is 1. The number of nitrogens with one attached hydrogen (secondary N) is 1. The van der Waals surface area contributed by atoms with Gasteiger partial charge in [-0.1, -0.05) is 0 Å². The van der Waals surface area contributed by atoms with Gasteiger partial charge < -0.3 is 19.3 Å². The largest absolute Gasteiger partial charge is 0.481 e. The van der Waals surface area contributed by atoms with E-state index in [4.69, 9.17) is 9.84 Å². The van der Waals surface area contributed by atoms with E-state index in [1.54, 1.807) is 0 Å². The number of carboxylic acid groups (broad SMARTS) is 1. The first kappa shape index (κ1) is 16.0. The molecule has 1 aromatic rings. The molecule has 1 aliphatic rings. The van der Waals surface area contributed by atoms with Crippen LogP contribution in [0.15, 0.2) is 21.9 Å². The number of hydrogen-bond donors (Lipinski definition) is 2. The van der Waals surface area contributed by atoms with E-state index in [1.807, 2.05) is 0 Å². The van der Waals surface area contributed by atoms with Gasteiger partial charge in [-0.2, -0.15) is 0 Å². The lowest BCUT2D eigenvalue weighted by Gasteiger charge is -2.35. The van der Waals surface area contributed by atoms with Gasteiger partial charge in [0.05, 0.1) is 25.7 Å². The number of aromatic amines is 1. The van der Waals surface area contributed by atoms with Crippen molar-refractivity contribution in [2.75, 3.05) is 19.8 Å². The molecule has 1 aromatic heterocycles. The number of aryl methyl sites for hydroxylation is 1. The lowest BCUT2D eigenvalue weighted by molar-refractivity contribution is -0.146. The van der Waals surface area contributed by atoms with Gasteiger partial charge in [-0.25, -0.2) is 4.79 Å². The summed E-state index contributed by atoms with van der Waals surface area (Å²) in [7, 11) is 0. The minimum atomic E-state index is -0.995. The number of carbonyl (C=O) groups is 2. The molecule has 0 aromatic carbocycles. The van der Waals surface area contributed by atoms with Crippen LogP contribution >= 0.6 is 0 Å². The van der Waals surface area contributed by atoms with Crippen LogP contribution in [0.1, 0.15) is 12.8 Å². The zero-order valence-electron chi connectivity index (χ0n) is 11.9. The Bertz CT molecular complexity index is 664. The summed E-state index contributed by atoms with van der Waals surface area (Å²) in [6.45, 7) is 1.00. The highest BCUT2D eigenvalue weighted by atomic mass is 16.5. The van der Waals surface area contributed by atoms with E-state index >= 15 is 0 Å². The molecule has 1 amide bonds. The molecule has 2 N–H and O–H groups in total. The van der Waals surface area contributed by atoms with Crippen LogP contribution in [0.5, 0.6) is 0 Å². The molecular formula is C13H17N3O6. The molecule has 2 heterocycles. The number of carbonyl (C=O) groups excluding carboxylic acids is 1. The monoisotopic (exact) mass is 311 g/mol. The van der Waals surface area contributed by atoms with Crippen molar-refractivity contribution in [2.24, 2.45) is 0 Å². The number of nitrogens with zero attached hydrogens (tertiary/aromatic N) is 2. The molecule has 0 saturated carbocycles. The van der Waals surface area contributed by atoms with Gasteiger partial charge in [-0.3, -0.25) is 19.4 Å². The second-order valence-electron chi connectivity index (χ2n) is 4.97. The Kier molecular flexibility index (Phi) is 5.10. The number of ether oxygens (including phenoxy) is 1. The highest BCUT2D eigenvalue weighted by molar-refractivity contribution is 5.77. The van der Waals surface area contributed by atoms with Crippen molar-refractivity contribution in [1.29, 1.82) is 0 Å². The van der Waals surface area contributed by atoms with E-state index in [9.17, 15) is 19.2 Å². The Morgan fingerprint density at radius 1 is 1.41 bits per heavy atom. The van der Waals surface area contributed by atoms with Crippen molar-refractivity contribution in [1.82, 2.24) is 14.5 Å². The van der Waals surface area contributed by atoms with Gasteiger partial charge in [-0.05, 0) is 0 Å². The van der Waals surface area contributed by atoms with Crippen molar-refractivity contribution in [2.45, 2.75) is 25.4 Å². The normalized spacial score (nSPS) is 18.2. The summed E-state index contributed by atoms with van der Waals surface area (Å²) >= 11 is 0. The fourth-order valence-corrected chi connectivity index (χ4v) is 2.33. The van der Waals surface area contributed by atoms with Gasteiger partial charge in [0.25, 0.3) is 5.56 Å². The predicted molar refractivity (Wildman–Crippen MR) is 74.5 cm³/mol. The van der Waals surface area contributed by atoms with Crippen LogP contribution in [0.4, 0.5) is 0 Å². The van der Waals surface area contributed by atoms with Gasteiger partial charge in [0.2, 0.25) is 5.91 Å². The van der Waals surface area contributed by atoms with Crippen LogP contribution in [-0.4, -0.2) is 57.2 Å². The highest BCUT2D eigenvalue weighted by Gasteiger charge is 2.28. The molecular weight excluding hydrogens is 294 g/mol. The number of H-pyrrole nitrogens is 1. The van der Waals surface area contributed by atoms with Gasteiger partial charge in [0.1, 0.15) is 0 Å². The first-order valence-electron chi connectivity index (χ1n) is 6.86. The predicted octanol–water partition coefficient (Wildman–Crippen LogP) is -1.37. The molecule has 1 aliphatic heterocycles. The third-order valence-electron chi connectivity index (χ3n) is 3.42. The summed E-state index contributed by atoms with van der Waals surface area (Å²) in [6, 6.07) is 0.708. The number of rotatable bonds is 5. The Hall–Kier alpha value is -2.42. The SMILES string of the molecule is O=C(O)C[C@H]1COCCN1C(=O)CCn1ccc(=O)[nH]c1=O. The van der Waals surface area contributed by atoms with Crippen molar-refractivity contribution in [3.63, 3.8) is 0 Å². The molecule has 2 rings (SSSR count). The lowest BCUT2D eigenvalue weighted by Crippen LogP contribution is -2.49. The Morgan fingerprint density at radius 2 is 2.18 bits per heavy atom. The Morgan fingerprint density at radius 3 is 2.86 bits per heavy atom. The second kappa shape index (κ2) is 7.03. The molecule has 9 nitrogen and oxygen atoms in total. The fraction of sp³-hybridized carbons (Fsp3) is 0.538. The van der Waals surface area contributed by atoms with Gasteiger partial charge in [-0.15, -0.1) is 0 Å². The third kappa shape index (κ3) is 4.04. The molecule has 22 heavy (non-hydrogen) atoms. The molecule has 0 bridgehead atoms. The number of aliphatic carboxylic acids is 1. The molecule has 1 saturated heterocycles. The minimum Gasteiger partial charge on any atom is -0.481 e. The average molecular weight is 311 g/mol. The Balaban J connectivity index is 1.99. The van der Waals surface area contributed by atoms with E-state index < -0.39 is 23.3 Å². The fourth-order valence-electron chi connectivity index (χ4n) is 2.33. The van der Waals surface area contributed by atoms with E-state index in [0.717, 1.165) is 0 Å². The molecule has 0 radical (unpaired) electrons. The average Bonchev–Trinajstić information content (AvgIpc) is 2.46. The zero-order valence-corrected chi connectivity index (χ0v) is 11.9. The van der Waals surface area contributed by atoms with Crippen molar-refractivity contribution < 1.29 is 19.4 Å². The first-order valence-corrected chi connectivity index (χ1v) is 6.86. The number of carboxylic acids is 1. The van der Waals surface area contributed by atoms with Crippen molar-refractivity contribution >= 4 is 11.9 Å². The molecule has 120 valence electrons. The van der Waals surface area contributed by atoms with Crippen LogP contribution in [-0.2, 0) is 20.9 Å². The summed E-state index contributed by atoms with van der Waals surface area (Å²) in [4.78, 5) is 49.1. The van der Waals surface area contributed by atoms with Crippen LogP contribution < -0.4 is 11.2 Å². The molecule has 0 spiro atoms. The minimum absolute atomic E-state index is 0.0437. The van der Waals surface area contributed by atoms with Crippen LogP contribution in [0.25, 0.3) is 0 Å². The lowest BCUT2D eigenvalue weighted by atomic mass is 10.1. The maximum absolute atomic E-state index is 12.2. The maximum Gasteiger partial charge on any atom is 0.328 e. The molecule has 0 unspecified atom stereocenters. The highest BCUT2D eigenvalue weighted by Crippen LogP contribution is 2.12. The van der Waals surface area contributed by atoms with Gasteiger partial charge in [0.15, 0.2) is 0 Å². The number of morpholine rings is 1. The Labute approximate surface area is 125 Å². The molecule has 0 aliphatic carbocycles. The first-order chi connectivity index (χ1) is 10.5. The molecule has 9 heteroatoms. The molecule has 1 fully saturated rings. The third-order valence-corrected chi connectivity index (χ3v) is 3.42. The number of hydrogen-bond acceptors (Lipinski definition) is 5. The second-order valence-corrected chi connectivity index (χ2v) is 4.97. The van der Waals surface area contributed by atoms with E-state index in [-0.39, 0.29) is 31.9 Å². The standard InChI is InChI=1S/C13H17N3O6/c17-10-1-3-15(13(21)14-10)4-2-11(18)16-5-6-22-8-9(16)7-12(19)20/h1,3,9H,2,4-8H2,(H,19,20)(H,14,17,21)/t9-/m0/s1. The maximum atomic E-state index is 12.2. The summed E-state index contributed by atoms with van der Waals surface area (Å²) in [5.41, 5.74) is -1.08. The topological polar surface area (TPSA) is 122 Å². The van der Waals surface area contributed by atoms with Crippen molar-refractivity contribution in [3.8, 4) is 0 Å². The summed E-state index contributed by atoms with van der Waals surface area (Å²) < 4.78 is 6.43. The smallest absolute Gasteiger partial charge is 0.328 e. The number of aromatic nitrogens is 2. The summed E-state index contributed by atoms with van der Waals surface area (Å²) in [5, 5.41) is 8.86. The van der Waals surface area contributed by atoms with Crippen LogP contribution in [0.3, 0.4) is 0 Å². The van der Waals surface area contributed by atoms with Gasteiger partial charge in [0, 0.05) is 31.8 Å². The summed E-state index contributed by atoms with van der Waals surface area (Å²) in [5.74, 6) is -1.24. The van der Waals surface area contributed by atoms with E-state index in [2.05, 4.69) is 4.98 Å². The van der Waals surface area contributed by atoms with E-state index in [0.29, 0.717) is 13.2 Å². The van der Waals surface area contributed by atoms with Crippen molar-refractivity contribution in [3.05, 3.63) is 33.1 Å². The van der Waals surface area contributed by atoms with E-state index in [1.165, 1.54) is 21.7 Å².